The molecule has 3 nitrogen and oxygen atoms in total. The van der Waals surface area contributed by atoms with Gasteiger partial charge in [-0.05, 0) is 19.3 Å². The summed E-state index contributed by atoms with van der Waals surface area (Å²) >= 11 is 0. The van der Waals surface area contributed by atoms with Crippen LogP contribution in [0.3, 0.4) is 0 Å². The van der Waals surface area contributed by atoms with Crippen molar-refractivity contribution in [2.75, 3.05) is 20.3 Å². The summed E-state index contributed by atoms with van der Waals surface area (Å²) in [4.78, 5) is 0. The van der Waals surface area contributed by atoms with E-state index < -0.39 is 0 Å². The van der Waals surface area contributed by atoms with Crippen molar-refractivity contribution >= 4 is 0 Å². The highest BCUT2D eigenvalue weighted by Gasteiger charge is 2.34. The monoisotopic (exact) mass is 215 g/mol. The molecule has 0 radical (unpaired) electrons. The molecular weight excluding hydrogens is 190 g/mol. The van der Waals surface area contributed by atoms with E-state index in [1.54, 1.807) is 7.11 Å². The molecule has 1 atom stereocenters. The summed E-state index contributed by atoms with van der Waals surface area (Å²) in [5.41, 5.74) is -0.0784. The van der Waals surface area contributed by atoms with Crippen molar-refractivity contribution in [3.63, 3.8) is 0 Å². The van der Waals surface area contributed by atoms with E-state index in [9.17, 15) is 0 Å². The zero-order valence-corrected chi connectivity index (χ0v) is 10.3. The minimum Gasteiger partial charge on any atom is -0.383 e. The normalized spacial score (nSPS) is 25.4. The van der Waals surface area contributed by atoms with Crippen molar-refractivity contribution in [2.24, 2.45) is 0 Å². The fraction of sp³-hybridized carbons (Fsp3) is 1.00. The molecule has 0 aliphatic carbocycles. The quantitative estimate of drug-likeness (QED) is 0.737. The molecule has 1 fully saturated rings. The third kappa shape index (κ3) is 3.74. The van der Waals surface area contributed by atoms with Gasteiger partial charge in [-0.3, -0.25) is 5.32 Å². The Kier molecular flexibility index (Phi) is 5.58. The average molecular weight is 215 g/mol. The number of hydrogen-bond acceptors (Lipinski definition) is 3. The molecule has 90 valence electrons. The van der Waals surface area contributed by atoms with E-state index in [2.05, 4.69) is 19.2 Å². The van der Waals surface area contributed by atoms with Crippen LogP contribution in [-0.2, 0) is 9.47 Å². The first-order valence-electron chi connectivity index (χ1n) is 6.17. The minimum absolute atomic E-state index is 0.0784. The van der Waals surface area contributed by atoms with Gasteiger partial charge in [0, 0.05) is 13.2 Å². The van der Waals surface area contributed by atoms with Gasteiger partial charge < -0.3 is 9.47 Å². The molecule has 1 rings (SSSR count). The summed E-state index contributed by atoms with van der Waals surface area (Å²) in [6, 6.07) is 0.460. The van der Waals surface area contributed by atoms with Crippen molar-refractivity contribution in [3.05, 3.63) is 0 Å². The fourth-order valence-corrected chi connectivity index (χ4v) is 2.43. The zero-order valence-electron chi connectivity index (χ0n) is 10.3. The van der Waals surface area contributed by atoms with E-state index >= 15 is 0 Å². The average Bonchev–Trinajstić information content (AvgIpc) is 2.19. The molecule has 0 aromatic rings. The Hall–Kier alpha value is -0.120. The van der Waals surface area contributed by atoms with Gasteiger partial charge in [-0.15, -0.1) is 0 Å². The Balaban J connectivity index is 2.53. The van der Waals surface area contributed by atoms with Gasteiger partial charge in [-0.25, -0.2) is 0 Å². The van der Waals surface area contributed by atoms with Crippen LogP contribution in [0.25, 0.3) is 0 Å². The van der Waals surface area contributed by atoms with Crippen LogP contribution in [0.15, 0.2) is 0 Å². The van der Waals surface area contributed by atoms with Crippen LogP contribution < -0.4 is 5.32 Å². The topological polar surface area (TPSA) is 30.5 Å². The first-order chi connectivity index (χ1) is 7.26. The highest BCUT2D eigenvalue weighted by molar-refractivity contribution is 4.86. The van der Waals surface area contributed by atoms with Crippen molar-refractivity contribution < 1.29 is 9.47 Å². The van der Waals surface area contributed by atoms with Gasteiger partial charge in [-0.1, -0.05) is 26.7 Å². The van der Waals surface area contributed by atoms with E-state index in [0.29, 0.717) is 6.04 Å². The Morgan fingerprint density at radius 2 is 2.00 bits per heavy atom. The SMILES string of the molecule is CCCC1(CCC)NC(COC)CCO1. The lowest BCUT2D eigenvalue weighted by molar-refractivity contribution is -0.127. The van der Waals surface area contributed by atoms with Crippen LogP contribution in [-0.4, -0.2) is 32.1 Å². The Morgan fingerprint density at radius 3 is 2.53 bits per heavy atom. The predicted octanol–water partition coefficient (Wildman–Crippen LogP) is 2.31. The maximum atomic E-state index is 5.96. The number of ether oxygens (including phenoxy) is 2. The number of rotatable bonds is 6. The van der Waals surface area contributed by atoms with Gasteiger partial charge in [0.25, 0.3) is 0 Å². The van der Waals surface area contributed by atoms with E-state index in [0.717, 1.165) is 45.3 Å². The molecule has 1 aliphatic heterocycles. The first-order valence-corrected chi connectivity index (χ1v) is 6.17. The van der Waals surface area contributed by atoms with Crippen LogP contribution in [0.5, 0.6) is 0 Å². The van der Waals surface area contributed by atoms with Crippen LogP contribution in [0.1, 0.15) is 46.0 Å². The molecule has 1 heterocycles. The number of nitrogens with one attached hydrogen (secondary N) is 1. The molecule has 15 heavy (non-hydrogen) atoms. The van der Waals surface area contributed by atoms with E-state index in [1.165, 1.54) is 0 Å². The maximum absolute atomic E-state index is 5.96. The highest BCUT2D eigenvalue weighted by Crippen LogP contribution is 2.26. The van der Waals surface area contributed by atoms with E-state index in [1.807, 2.05) is 0 Å². The lowest BCUT2D eigenvalue weighted by Gasteiger charge is -2.42. The molecule has 0 amide bonds. The van der Waals surface area contributed by atoms with Crippen molar-refractivity contribution in [3.8, 4) is 0 Å². The highest BCUT2D eigenvalue weighted by atomic mass is 16.5. The summed E-state index contributed by atoms with van der Waals surface area (Å²) in [7, 11) is 1.76. The lowest BCUT2D eigenvalue weighted by atomic mass is 9.98. The van der Waals surface area contributed by atoms with E-state index in [-0.39, 0.29) is 5.72 Å². The standard InChI is InChI=1S/C12H25NO2/c1-4-7-12(8-5-2)13-11(10-14-3)6-9-15-12/h11,13H,4-10H2,1-3H3. The Morgan fingerprint density at radius 1 is 1.33 bits per heavy atom. The van der Waals surface area contributed by atoms with Gasteiger partial charge in [0.2, 0.25) is 0 Å². The maximum Gasteiger partial charge on any atom is 0.119 e. The Bertz CT molecular complexity index is 159. The zero-order chi connectivity index (χ0) is 11.1. The van der Waals surface area contributed by atoms with E-state index in [4.69, 9.17) is 9.47 Å². The second-order valence-electron chi connectivity index (χ2n) is 4.43. The molecule has 0 saturated carbocycles. The van der Waals surface area contributed by atoms with Crippen molar-refractivity contribution in [1.82, 2.24) is 5.32 Å². The molecule has 0 bridgehead atoms. The number of methoxy groups -OCH3 is 1. The molecule has 1 saturated heterocycles. The molecule has 0 aromatic heterocycles. The summed E-state index contributed by atoms with van der Waals surface area (Å²) < 4.78 is 11.2. The molecular formula is C12H25NO2. The molecule has 1 N–H and O–H groups in total. The summed E-state index contributed by atoms with van der Waals surface area (Å²) in [6.45, 7) is 6.07. The molecule has 3 heteroatoms. The van der Waals surface area contributed by atoms with Crippen molar-refractivity contribution in [2.45, 2.75) is 57.7 Å². The van der Waals surface area contributed by atoms with Gasteiger partial charge in [0.15, 0.2) is 0 Å². The van der Waals surface area contributed by atoms with Gasteiger partial charge >= 0.3 is 0 Å². The fourth-order valence-electron chi connectivity index (χ4n) is 2.43. The largest absolute Gasteiger partial charge is 0.383 e. The van der Waals surface area contributed by atoms with Crippen LogP contribution in [0.2, 0.25) is 0 Å². The summed E-state index contributed by atoms with van der Waals surface area (Å²) in [6.07, 6.45) is 5.57. The van der Waals surface area contributed by atoms with Gasteiger partial charge in [0.05, 0.1) is 13.2 Å². The smallest absolute Gasteiger partial charge is 0.119 e. The lowest BCUT2D eigenvalue weighted by Crippen LogP contribution is -2.57. The van der Waals surface area contributed by atoms with Crippen LogP contribution in [0, 0.1) is 0 Å². The van der Waals surface area contributed by atoms with Gasteiger partial charge in [0.1, 0.15) is 5.72 Å². The Labute approximate surface area is 93.5 Å². The minimum atomic E-state index is -0.0784. The summed E-state index contributed by atoms with van der Waals surface area (Å²) in [5.74, 6) is 0. The first kappa shape index (κ1) is 12.9. The summed E-state index contributed by atoms with van der Waals surface area (Å²) in [5, 5.41) is 3.62. The number of hydrogen-bond donors (Lipinski definition) is 1. The second-order valence-corrected chi connectivity index (χ2v) is 4.43. The predicted molar refractivity (Wildman–Crippen MR) is 61.9 cm³/mol. The molecule has 1 aliphatic rings. The molecule has 0 aromatic carbocycles. The third-order valence-corrected chi connectivity index (χ3v) is 2.99. The molecule has 0 spiro atoms. The van der Waals surface area contributed by atoms with Crippen LogP contribution >= 0.6 is 0 Å². The second kappa shape index (κ2) is 6.46. The third-order valence-electron chi connectivity index (χ3n) is 2.99. The molecule has 1 unspecified atom stereocenters. The van der Waals surface area contributed by atoms with Crippen LogP contribution in [0.4, 0.5) is 0 Å². The van der Waals surface area contributed by atoms with Gasteiger partial charge in [-0.2, -0.15) is 0 Å². The van der Waals surface area contributed by atoms with Crippen molar-refractivity contribution in [1.29, 1.82) is 0 Å².